The summed E-state index contributed by atoms with van der Waals surface area (Å²) in [6.45, 7) is 19.0. The van der Waals surface area contributed by atoms with E-state index in [9.17, 15) is 19.5 Å². The maximum Gasteiger partial charge on any atom is 0.309 e. The second-order valence-corrected chi connectivity index (χ2v) is 17.7. The fourth-order valence-electron chi connectivity index (χ4n) is 12.2. The quantitative estimate of drug-likeness (QED) is 0.174. The highest BCUT2D eigenvalue weighted by molar-refractivity contribution is 5.72. The minimum Gasteiger partial charge on any atom is -0.465 e. The summed E-state index contributed by atoms with van der Waals surface area (Å²) < 4.78 is 25.3. The van der Waals surface area contributed by atoms with Gasteiger partial charge in [0.1, 0.15) is 25.1 Å². The first-order chi connectivity index (χ1) is 21.9. The van der Waals surface area contributed by atoms with Crippen LogP contribution >= 0.6 is 0 Å². The van der Waals surface area contributed by atoms with Crippen molar-refractivity contribution in [1.82, 2.24) is 0 Å². The van der Waals surface area contributed by atoms with Crippen molar-refractivity contribution in [2.75, 3.05) is 20.8 Å². The van der Waals surface area contributed by atoms with E-state index in [1.165, 1.54) is 12.5 Å². The summed E-state index contributed by atoms with van der Waals surface area (Å²) in [5.74, 6) is -0.435. The van der Waals surface area contributed by atoms with E-state index < -0.39 is 34.6 Å². The molecule has 0 aliphatic heterocycles. The number of carbonyl (C=O) groups excluding carboxylic acids is 3. The Kier molecular flexibility index (Phi) is 9.50. The lowest BCUT2D eigenvalue weighted by atomic mass is 9.33. The maximum absolute atomic E-state index is 13.3. The van der Waals surface area contributed by atoms with Crippen molar-refractivity contribution in [2.45, 2.75) is 138 Å². The van der Waals surface area contributed by atoms with Crippen LogP contribution in [0.25, 0.3) is 0 Å². The molecule has 0 bridgehead atoms. The minimum atomic E-state index is -0.772. The molecule has 5 rings (SSSR count). The number of hydrogen-bond acceptors (Lipinski definition) is 8. The normalized spacial score (nSPS) is 47.6. The van der Waals surface area contributed by atoms with E-state index in [-0.39, 0.29) is 58.6 Å². The van der Waals surface area contributed by atoms with E-state index in [1.54, 1.807) is 14.2 Å². The standard InChI is InChI=1S/C39H62O8/c1-12-23(2)33(43)47-31-32(45-11)39(22-46-24(3)41)26(19-34(31,4)5)25-13-14-28-35(6)17-16-29(42)36(7,21-40)27(35)15-18-37(28,8)38(25,9)20-30(39)44-10/h13,21,23,26-32,42H,12,14-20,22H2,1-11H3/t23?,26-,27+,28+,29-,30+,31-,32-,35-,36-,37+,38+,39-/m0/s1. The van der Waals surface area contributed by atoms with Crippen LogP contribution in [0.15, 0.2) is 11.6 Å². The lowest BCUT2D eigenvalue weighted by Gasteiger charge is -2.72. The molecule has 0 aromatic heterocycles. The highest BCUT2D eigenvalue weighted by Crippen LogP contribution is 2.76. The molecule has 13 atom stereocenters. The van der Waals surface area contributed by atoms with Gasteiger partial charge in [0.15, 0.2) is 0 Å². The SMILES string of the molecule is CCC(C)C(=O)O[C@H]1[C@H](OC)[C@]2(COC(C)=O)[C@H](OC)C[C@]3(C)C(=CC[C@@H]4[C@@]5(C)CC[C@H](O)[C@@](C)(C=O)[C@@H]5CC[C@]43C)[C@@H]2CC1(C)C. The number of esters is 2. The molecule has 4 saturated carbocycles. The molecule has 5 aliphatic rings. The molecule has 5 aliphatic carbocycles. The zero-order valence-corrected chi connectivity index (χ0v) is 30.9. The van der Waals surface area contributed by atoms with Crippen molar-refractivity contribution in [1.29, 1.82) is 0 Å². The molecule has 0 saturated heterocycles. The number of hydrogen-bond donors (Lipinski definition) is 1. The van der Waals surface area contributed by atoms with Gasteiger partial charge in [0.25, 0.3) is 0 Å². The summed E-state index contributed by atoms with van der Waals surface area (Å²) >= 11 is 0. The topological polar surface area (TPSA) is 108 Å². The summed E-state index contributed by atoms with van der Waals surface area (Å²) in [4.78, 5) is 38.4. The van der Waals surface area contributed by atoms with Crippen molar-refractivity contribution >= 4 is 18.2 Å². The predicted octanol–water partition coefficient (Wildman–Crippen LogP) is 6.71. The van der Waals surface area contributed by atoms with E-state index in [4.69, 9.17) is 18.9 Å². The van der Waals surface area contributed by atoms with E-state index in [0.717, 1.165) is 38.4 Å². The van der Waals surface area contributed by atoms with Gasteiger partial charge in [-0.1, -0.05) is 67.0 Å². The Morgan fingerprint density at radius 2 is 1.68 bits per heavy atom. The molecule has 1 N–H and O–H groups in total. The number of aliphatic hydroxyl groups excluding tert-OH is 1. The Bertz CT molecular complexity index is 1280. The lowest BCUT2D eigenvalue weighted by Crippen LogP contribution is -2.72. The third kappa shape index (κ3) is 5.03. The number of allylic oxidation sites excluding steroid dienone is 2. The zero-order chi connectivity index (χ0) is 35.0. The third-order valence-electron chi connectivity index (χ3n) is 15.3. The summed E-state index contributed by atoms with van der Waals surface area (Å²) in [6, 6.07) is 0. The van der Waals surface area contributed by atoms with E-state index in [1.807, 2.05) is 20.8 Å². The van der Waals surface area contributed by atoms with Gasteiger partial charge in [0.05, 0.1) is 29.0 Å². The molecule has 266 valence electrons. The fraction of sp³-hybridized carbons (Fsp3) is 0.872. The van der Waals surface area contributed by atoms with Crippen LogP contribution in [0.5, 0.6) is 0 Å². The number of rotatable bonds is 8. The number of fused-ring (bicyclic) bond motifs is 7. The first-order valence-corrected chi connectivity index (χ1v) is 18.1. The molecule has 1 unspecified atom stereocenters. The molecule has 0 aromatic rings. The molecule has 0 aromatic carbocycles. The van der Waals surface area contributed by atoms with Crippen molar-refractivity contribution in [2.24, 2.45) is 56.2 Å². The summed E-state index contributed by atoms with van der Waals surface area (Å²) in [7, 11) is 3.43. The van der Waals surface area contributed by atoms with E-state index >= 15 is 0 Å². The van der Waals surface area contributed by atoms with Crippen LogP contribution in [0.3, 0.4) is 0 Å². The number of carbonyl (C=O) groups is 3. The largest absolute Gasteiger partial charge is 0.465 e. The van der Waals surface area contributed by atoms with Gasteiger partial charge < -0.3 is 28.8 Å². The van der Waals surface area contributed by atoms with Crippen LogP contribution in [0.4, 0.5) is 0 Å². The van der Waals surface area contributed by atoms with Crippen molar-refractivity contribution < 1.29 is 38.4 Å². The smallest absolute Gasteiger partial charge is 0.309 e. The Morgan fingerprint density at radius 3 is 2.26 bits per heavy atom. The molecule has 0 heterocycles. The molecule has 4 fully saturated rings. The van der Waals surface area contributed by atoms with Gasteiger partial charge in [-0.15, -0.1) is 0 Å². The van der Waals surface area contributed by atoms with Crippen LogP contribution in [0.1, 0.15) is 114 Å². The first-order valence-electron chi connectivity index (χ1n) is 18.1. The first kappa shape index (κ1) is 36.5. The average molecular weight is 659 g/mol. The van der Waals surface area contributed by atoms with Crippen molar-refractivity contribution in [3.8, 4) is 0 Å². The Labute approximate surface area is 283 Å². The molecule has 47 heavy (non-hydrogen) atoms. The molecular formula is C39H62O8. The van der Waals surface area contributed by atoms with Gasteiger partial charge in [-0.25, -0.2) is 0 Å². The number of ether oxygens (including phenoxy) is 4. The molecule has 8 nitrogen and oxygen atoms in total. The molecule has 0 amide bonds. The van der Waals surface area contributed by atoms with Crippen LogP contribution < -0.4 is 0 Å². The van der Waals surface area contributed by atoms with Crippen LogP contribution in [0.2, 0.25) is 0 Å². The lowest BCUT2D eigenvalue weighted by molar-refractivity contribution is -0.272. The number of methoxy groups -OCH3 is 2. The molecule has 0 spiro atoms. The van der Waals surface area contributed by atoms with E-state index in [0.29, 0.717) is 25.2 Å². The number of aliphatic hydroxyl groups is 1. The fourth-order valence-corrected chi connectivity index (χ4v) is 12.2. The average Bonchev–Trinajstić information content (AvgIpc) is 3.02. The van der Waals surface area contributed by atoms with Gasteiger partial charge in [-0.05, 0) is 85.4 Å². The van der Waals surface area contributed by atoms with Gasteiger partial charge >= 0.3 is 11.9 Å². The zero-order valence-electron chi connectivity index (χ0n) is 30.9. The van der Waals surface area contributed by atoms with Gasteiger partial charge in [0, 0.05) is 26.6 Å². The van der Waals surface area contributed by atoms with Crippen molar-refractivity contribution in [3.63, 3.8) is 0 Å². The maximum atomic E-state index is 13.3. The molecule has 0 radical (unpaired) electrons. The third-order valence-corrected chi connectivity index (χ3v) is 15.3. The predicted molar refractivity (Wildman–Crippen MR) is 179 cm³/mol. The Balaban J connectivity index is 1.66. The second kappa shape index (κ2) is 12.2. The number of aldehydes is 1. The Morgan fingerprint density at radius 1 is 1.00 bits per heavy atom. The van der Waals surface area contributed by atoms with Gasteiger partial charge in [0.2, 0.25) is 0 Å². The summed E-state index contributed by atoms with van der Waals surface area (Å²) in [5, 5.41) is 11.1. The van der Waals surface area contributed by atoms with Gasteiger partial charge in [-0.2, -0.15) is 0 Å². The molecular weight excluding hydrogens is 596 g/mol. The highest BCUT2D eigenvalue weighted by Gasteiger charge is 2.74. The van der Waals surface area contributed by atoms with Crippen LogP contribution in [-0.4, -0.2) is 68.6 Å². The monoisotopic (exact) mass is 658 g/mol. The summed E-state index contributed by atoms with van der Waals surface area (Å²) in [6.07, 6.45) is 7.84. The minimum absolute atomic E-state index is 0.0409. The van der Waals surface area contributed by atoms with Crippen LogP contribution in [0, 0.1) is 56.2 Å². The second-order valence-electron chi connectivity index (χ2n) is 17.7. The van der Waals surface area contributed by atoms with Crippen molar-refractivity contribution in [3.05, 3.63) is 11.6 Å². The van der Waals surface area contributed by atoms with E-state index in [2.05, 4.69) is 40.7 Å². The van der Waals surface area contributed by atoms with Gasteiger partial charge in [-0.3, -0.25) is 9.59 Å². The van der Waals surface area contributed by atoms with Crippen LogP contribution in [-0.2, 0) is 33.3 Å². The summed E-state index contributed by atoms with van der Waals surface area (Å²) in [5.41, 5.74) is -1.000. The Hall–Kier alpha value is -1.77. The molecule has 8 heteroatoms. The highest BCUT2D eigenvalue weighted by atomic mass is 16.6.